The lowest BCUT2D eigenvalue weighted by Gasteiger charge is -2.56. The van der Waals surface area contributed by atoms with Crippen molar-refractivity contribution in [2.45, 2.75) is 55.6 Å². The molecule has 1 N–H and O–H groups in total. The normalized spacial score (nSPS) is 31.4. The summed E-state index contributed by atoms with van der Waals surface area (Å²) in [5, 5.41) is 5.85. The first-order valence-corrected chi connectivity index (χ1v) is 11.5. The molecule has 1 amide bonds. The summed E-state index contributed by atoms with van der Waals surface area (Å²) in [5.41, 5.74) is 0.358. The van der Waals surface area contributed by atoms with Gasteiger partial charge in [0, 0.05) is 26.0 Å². The second kappa shape index (κ2) is 6.62. The van der Waals surface area contributed by atoms with Crippen LogP contribution in [0.15, 0.2) is 22.6 Å². The van der Waals surface area contributed by atoms with Crippen LogP contribution >= 0.6 is 23.1 Å². The summed E-state index contributed by atoms with van der Waals surface area (Å²) in [4.78, 5) is 22.7. The molecule has 144 valence electrons. The summed E-state index contributed by atoms with van der Waals surface area (Å²) in [7, 11) is 1.96. The van der Waals surface area contributed by atoms with Crippen LogP contribution in [0.2, 0.25) is 0 Å². The number of imidazole rings is 1. The van der Waals surface area contributed by atoms with Crippen molar-refractivity contribution < 1.29 is 4.79 Å². The van der Waals surface area contributed by atoms with Gasteiger partial charge in [-0.25, -0.2) is 9.97 Å². The molecule has 4 aliphatic carbocycles. The van der Waals surface area contributed by atoms with Crippen molar-refractivity contribution in [2.75, 3.05) is 6.54 Å². The molecule has 2 aromatic rings. The SMILES string of the molecule is Cc1nc(Sc2nccn2C)c(C(=O)NCC23CC4CC(CC(C4)C2)C3)s1. The lowest BCUT2D eigenvalue weighted by molar-refractivity contribution is -0.0503. The maximum absolute atomic E-state index is 13.0. The Morgan fingerprint density at radius 1 is 1.30 bits per heavy atom. The topological polar surface area (TPSA) is 59.8 Å². The van der Waals surface area contributed by atoms with Crippen molar-refractivity contribution in [3.05, 3.63) is 22.3 Å². The van der Waals surface area contributed by atoms with Crippen molar-refractivity contribution in [3.8, 4) is 0 Å². The number of hydrogen-bond donors (Lipinski definition) is 1. The van der Waals surface area contributed by atoms with E-state index in [1.807, 2.05) is 24.7 Å². The van der Waals surface area contributed by atoms with E-state index >= 15 is 0 Å². The molecule has 2 aromatic heterocycles. The third-order valence-electron chi connectivity index (χ3n) is 6.66. The molecule has 0 unspecified atom stereocenters. The van der Waals surface area contributed by atoms with Gasteiger partial charge >= 0.3 is 0 Å². The largest absolute Gasteiger partial charge is 0.351 e. The zero-order valence-corrected chi connectivity index (χ0v) is 17.5. The van der Waals surface area contributed by atoms with Gasteiger partial charge in [-0.05, 0) is 80.4 Å². The third kappa shape index (κ3) is 3.33. The zero-order valence-electron chi connectivity index (χ0n) is 15.9. The minimum absolute atomic E-state index is 0.0352. The van der Waals surface area contributed by atoms with Gasteiger partial charge in [-0.1, -0.05) is 0 Å². The van der Waals surface area contributed by atoms with Crippen LogP contribution in [-0.2, 0) is 7.05 Å². The Morgan fingerprint density at radius 2 is 1.96 bits per heavy atom. The van der Waals surface area contributed by atoms with Crippen LogP contribution in [-0.4, -0.2) is 27.0 Å². The van der Waals surface area contributed by atoms with Gasteiger partial charge in [-0.3, -0.25) is 4.79 Å². The highest BCUT2D eigenvalue weighted by Gasteiger charge is 2.50. The van der Waals surface area contributed by atoms with E-state index in [1.54, 1.807) is 6.20 Å². The van der Waals surface area contributed by atoms with E-state index in [1.165, 1.54) is 61.6 Å². The molecule has 4 aliphatic rings. The van der Waals surface area contributed by atoms with E-state index in [-0.39, 0.29) is 5.91 Å². The molecule has 5 nitrogen and oxygen atoms in total. The highest BCUT2D eigenvalue weighted by Crippen LogP contribution is 2.59. The summed E-state index contributed by atoms with van der Waals surface area (Å²) in [6, 6.07) is 0. The fourth-order valence-electron chi connectivity index (χ4n) is 6.01. The molecule has 4 saturated carbocycles. The average Bonchev–Trinajstić information content (AvgIpc) is 3.18. The number of aromatic nitrogens is 3. The molecule has 0 aromatic carbocycles. The van der Waals surface area contributed by atoms with Gasteiger partial charge in [0.1, 0.15) is 9.90 Å². The number of amides is 1. The van der Waals surface area contributed by atoms with Gasteiger partial charge in [0.15, 0.2) is 5.16 Å². The van der Waals surface area contributed by atoms with E-state index in [2.05, 4.69) is 15.3 Å². The molecule has 0 aliphatic heterocycles. The molecular weight excluding hydrogens is 376 g/mol. The van der Waals surface area contributed by atoms with Crippen LogP contribution in [0.1, 0.15) is 53.2 Å². The molecule has 27 heavy (non-hydrogen) atoms. The van der Waals surface area contributed by atoms with E-state index < -0.39 is 0 Å². The van der Waals surface area contributed by atoms with E-state index in [0.29, 0.717) is 5.41 Å². The highest BCUT2D eigenvalue weighted by atomic mass is 32.2. The second-order valence-corrected chi connectivity index (χ2v) is 11.0. The van der Waals surface area contributed by atoms with Gasteiger partial charge < -0.3 is 9.88 Å². The van der Waals surface area contributed by atoms with Crippen LogP contribution in [0.4, 0.5) is 0 Å². The number of carbonyl (C=O) groups is 1. The molecule has 4 fully saturated rings. The van der Waals surface area contributed by atoms with E-state index in [9.17, 15) is 4.79 Å². The van der Waals surface area contributed by atoms with Crippen LogP contribution in [0.3, 0.4) is 0 Å². The Bertz CT molecular complexity index is 836. The minimum atomic E-state index is 0.0352. The van der Waals surface area contributed by atoms with Gasteiger partial charge in [0.2, 0.25) is 0 Å². The Morgan fingerprint density at radius 3 is 2.56 bits per heavy atom. The first-order chi connectivity index (χ1) is 13.0. The fourth-order valence-corrected chi connectivity index (χ4v) is 7.91. The first kappa shape index (κ1) is 17.7. The van der Waals surface area contributed by atoms with Crippen LogP contribution in [0.25, 0.3) is 0 Å². The molecule has 0 radical (unpaired) electrons. The Kier molecular flexibility index (Phi) is 4.35. The quantitative estimate of drug-likeness (QED) is 0.811. The number of nitrogens with zero attached hydrogens (tertiary/aromatic N) is 3. The van der Waals surface area contributed by atoms with Gasteiger partial charge in [0.25, 0.3) is 5.91 Å². The van der Waals surface area contributed by atoms with Crippen LogP contribution in [0.5, 0.6) is 0 Å². The number of nitrogens with one attached hydrogen (secondary N) is 1. The van der Waals surface area contributed by atoms with E-state index in [0.717, 1.165) is 44.4 Å². The third-order valence-corrected chi connectivity index (χ3v) is 8.83. The number of rotatable bonds is 5. The lowest BCUT2D eigenvalue weighted by atomic mass is 9.49. The lowest BCUT2D eigenvalue weighted by Crippen LogP contribution is -2.51. The van der Waals surface area contributed by atoms with Crippen LogP contribution in [0, 0.1) is 30.1 Å². The molecule has 0 atom stereocenters. The molecule has 0 spiro atoms. The zero-order chi connectivity index (χ0) is 18.6. The average molecular weight is 403 g/mol. The highest BCUT2D eigenvalue weighted by molar-refractivity contribution is 7.99. The predicted molar refractivity (Wildman–Crippen MR) is 107 cm³/mol. The summed E-state index contributed by atoms with van der Waals surface area (Å²) in [6.45, 7) is 2.79. The summed E-state index contributed by atoms with van der Waals surface area (Å²) in [5.74, 6) is 2.77. The standard InChI is InChI=1S/C20H26N4OS2/c1-12-23-18(27-19-21-3-4-24(19)2)16(26-12)17(25)22-11-20-8-13-5-14(9-20)7-15(6-13)10-20/h3-4,13-15H,5-11H2,1-2H3,(H,22,25). The smallest absolute Gasteiger partial charge is 0.264 e. The van der Waals surface area contributed by atoms with Gasteiger partial charge in [0.05, 0.1) is 5.01 Å². The number of thiazole rings is 1. The number of aryl methyl sites for hydroxylation is 2. The number of carbonyl (C=O) groups excluding carboxylic acids is 1. The monoisotopic (exact) mass is 402 g/mol. The molecule has 6 rings (SSSR count). The van der Waals surface area contributed by atoms with Crippen molar-refractivity contribution in [2.24, 2.45) is 30.2 Å². The van der Waals surface area contributed by atoms with Gasteiger partial charge in [-0.15, -0.1) is 11.3 Å². The van der Waals surface area contributed by atoms with Crippen LogP contribution < -0.4 is 5.32 Å². The van der Waals surface area contributed by atoms with Gasteiger partial charge in [-0.2, -0.15) is 0 Å². The van der Waals surface area contributed by atoms with Crippen molar-refractivity contribution in [1.29, 1.82) is 0 Å². The van der Waals surface area contributed by atoms with Crippen molar-refractivity contribution >= 4 is 29.0 Å². The maximum Gasteiger partial charge on any atom is 0.264 e. The summed E-state index contributed by atoms with van der Waals surface area (Å²) >= 11 is 2.96. The molecule has 0 saturated heterocycles. The summed E-state index contributed by atoms with van der Waals surface area (Å²) < 4.78 is 1.95. The van der Waals surface area contributed by atoms with Crippen molar-refractivity contribution in [3.63, 3.8) is 0 Å². The van der Waals surface area contributed by atoms with E-state index in [4.69, 9.17) is 0 Å². The first-order valence-electron chi connectivity index (χ1n) is 9.90. The second-order valence-electron chi connectivity index (χ2n) is 8.89. The Balaban J connectivity index is 1.30. The Hall–Kier alpha value is -1.34. The molecule has 7 heteroatoms. The predicted octanol–water partition coefficient (Wildman–Crippen LogP) is 4.28. The Labute approximate surface area is 168 Å². The summed E-state index contributed by atoms with van der Waals surface area (Å²) in [6.07, 6.45) is 11.9. The number of hydrogen-bond acceptors (Lipinski definition) is 5. The van der Waals surface area contributed by atoms with Crippen molar-refractivity contribution in [1.82, 2.24) is 19.9 Å². The molecular formula is C20H26N4OS2. The molecule has 2 heterocycles. The molecule has 4 bridgehead atoms. The minimum Gasteiger partial charge on any atom is -0.351 e. The maximum atomic E-state index is 13.0. The fraction of sp³-hybridized carbons (Fsp3) is 0.650.